The van der Waals surface area contributed by atoms with Crippen LogP contribution in [0.3, 0.4) is 0 Å². The van der Waals surface area contributed by atoms with E-state index in [1.807, 2.05) is 112 Å². The van der Waals surface area contributed by atoms with Crippen molar-refractivity contribution in [2.75, 3.05) is 5.32 Å². The van der Waals surface area contributed by atoms with E-state index in [1.54, 1.807) is 10.6 Å². The zero-order valence-corrected chi connectivity index (χ0v) is 23.5. The first kappa shape index (κ1) is 27.9. The number of rotatable bonds is 9. The third-order valence-electron chi connectivity index (χ3n) is 7.24. The van der Waals surface area contributed by atoms with E-state index in [2.05, 4.69) is 10.6 Å². The van der Waals surface area contributed by atoms with Gasteiger partial charge >= 0.3 is 6.09 Å². The molecule has 2 atom stereocenters. The van der Waals surface area contributed by atoms with Gasteiger partial charge in [-0.05, 0) is 74.1 Å². The molecule has 0 bridgehead atoms. The first-order chi connectivity index (χ1) is 19.8. The van der Waals surface area contributed by atoms with Crippen molar-refractivity contribution in [2.24, 2.45) is 0 Å². The second-order valence-electron chi connectivity index (χ2n) is 10.9. The number of alkyl carbamates (subject to hydrolysis) is 1. The van der Waals surface area contributed by atoms with E-state index in [1.165, 1.54) is 0 Å². The lowest BCUT2D eigenvalue weighted by molar-refractivity contribution is -0.118. The molecule has 0 aliphatic heterocycles. The summed E-state index contributed by atoms with van der Waals surface area (Å²) in [7, 11) is 0. The SMILES string of the molecule is Cc1ccc(NC(=O)C(NC(=O)OC2CC2)C(c2ccccc2)c2cccc(-c3ccc(=O)n(C(C)C)c3)c2)cc1. The molecule has 1 aliphatic rings. The number of nitrogens with zero attached hydrogens (tertiary/aromatic N) is 1. The minimum Gasteiger partial charge on any atom is -0.446 e. The fraction of sp³-hybridized carbons (Fsp3) is 0.265. The van der Waals surface area contributed by atoms with Crippen molar-refractivity contribution in [2.45, 2.75) is 57.7 Å². The number of aromatic nitrogens is 1. The summed E-state index contributed by atoms with van der Waals surface area (Å²) >= 11 is 0. The van der Waals surface area contributed by atoms with E-state index < -0.39 is 18.1 Å². The Balaban J connectivity index is 1.57. The maximum Gasteiger partial charge on any atom is 0.408 e. The maximum atomic E-state index is 13.9. The zero-order chi connectivity index (χ0) is 28.9. The van der Waals surface area contributed by atoms with Crippen LogP contribution in [0.1, 0.15) is 55.3 Å². The normalized spacial score (nSPS) is 14.2. The Labute approximate surface area is 240 Å². The highest BCUT2D eigenvalue weighted by Gasteiger charge is 2.35. The summed E-state index contributed by atoms with van der Waals surface area (Å²) in [6.45, 7) is 5.92. The molecular formula is C34H35N3O4. The van der Waals surface area contributed by atoms with Crippen LogP contribution in [0.5, 0.6) is 0 Å². The summed E-state index contributed by atoms with van der Waals surface area (Å²) in [5, 5.41) is 5.88. The van der Waals surface area contributed by atoms with Crippen molar-refractivity contribution in [3.63, 3.8) is 0 Å². The van der Waals surface area contributed by atoms with Gasteiger partial charge in [0.25, 0.3) is 5.56 Å². The topological polar surface area (TPSA) is 89.4 Å². The third kappa shape index (κ3) is 6.92. The van der Waals surface area contributed by atoms with Gasteiger partial charge in [0.2, 0.25) is 5.91 Å². The second kappa shape index (κ2) is 12.3. The Morgan fingerprint density at radius 1 is 0.854 bits per heavy atom. The van der Waals surface area contributed by atoms with E-state index in [0.29, 0.717) is 5.69 Å². The smallest absolute Gasteiger partial charge is 0.408 e. The van der Waals surface area contributed by atoms with Gasteiger partial charge in [-0.3, -0.25) is 9.59 Å². The number of aryl methyl sites for hydroxylation is 1. The lowest BCUT2D eigenvalue weighted by Crippen LogP contribution is -2.48. The summed E-state index contributed by atoms with van der Waals surface area (Å²) in [6, 6.07) is 27.5. The number of hydrogen-bond acceptors (Lipinski definition) is 4. The van der Waals surface area contributed by atoms with Crippen molar-refractivity contribution in [1.29, 1.82) is 0 Å². The number of carbonyl (C=O) groups is 2. The lowest BCUT2D eigenvalue weighted by Gasteiger charge is -2.28. The predicted octanol–water partition coefficient (Wildman–Crippen LogP) is 6.43. The number of hydrogen-bond donors (Lipinski definition) is 2. The number of benzene rings is 3. The van der Waals surface area contributed by atoms with Gasteiger partial charge in [0, 0.05) is 29.9 Å². The van der Waals surface area contributed by atoms with Gasteiger partial charge < -0.3 is 19.9 Å². The summed E-state index contributed by atoms with van der Waals surface area (Å²) in [4.78, 5) is 39.3. The van der Waals surface area contributed by atoms with Gasteiger partial charge in [-0.25, -0.2) is 4.79 Å². The van der Waals surface area contributed by atoms with Crippen molar-refractivity contribution in [3.05, 3.63) is 124 Å². The van der Waals surface area contributed by atoms with Gasteiger partial charge in [0.15, 0.2) is 0 Å². The van der Waals surface area contributed by atoms with Crippen molar-refractivity contribution in [1.82, 2.24) is 9.88 Å². The molecule has 210 valence electrons. The van der Waals surface area contributed by atoms with Crippen molar-refractivity contribution >= 4 is 17.7 Å². The number of ether oxygens (including phenoxy) is 1. The van der Waals surface area contributed by atoms with E-state index in [-0.39, 0.29) is 23.6 Å². The standard InChI is InChI=1S/C34H35N3O4/c1-22(2)37-21-27(14-19-30(37)38)25-10-7-11-26(20-25)31(24-8-5-4-6-9-24)32(36-34(40)41-29-17-18-29)33(39)35-28-15-12-23(3)13-16-28/h4-16,19-22,29,31-32H,17-18H2,1-3H3,(H,35,39)(H,36,40). The Hall–Kier alpha value is -4.65. The van der Waals surface area contributed by atoms with Gasteiger partial charge in [0.05, 0.1) is 0 Å². The Bertz CT molecular complexity index is 1570. The fourth-order valence-electron chi connectivity index (χ4n) is 4.88. The molecule has 0 radical (unpaired) electrons. The molecular weight excluding hydrogens is 514 g/mol. The van der Waals surface area contributed by atoms with Crippen LogP contribution in [-0.2, 0) is 9.53 Å². The number of anilines is 1. The molecule has 41 heavy (non-hydrogen) atoms. The van der Waals surface area contributed by atoms with Crippen LogP contribution in [0.4, 0.5) is 10.5 Å². The third-order valence-corrected chi connectivity index (χ3v) is 7.24. The minimum atomic E-state index is -0.968. The highest BCUT2D eigenvalue weighted by Crippen LogP contribution is 2.33. The zero-order valence-electron chi connectivity index (χ0n) is 23.5. The highest BCUT2D eigenvalue weighted by molar-refractivity contribution is 5.97. The van der Waals surface area contributed by atoms with Gasteiger partial charge in [-0.2, -0.15) is 0 Å². The molecule has 1 fully saturated rings. The Kier molecular flexibility index (Phi) is 8.34. The van der Waals surface area contributed by atoms with Crippen LogP contribution >= 0.6 is 0 Å². The molecule has 1 aromatic heterocycles. The summed E-state index contributed by atoms with van der Waals surface area (Å²) in [5.74, 6) is -0.876. The van der Waals surface area contributed by atoms with E-state index >= 15 is 0 Å². The molecule has 1 heterocycles. The summed E-state index contributed by atoms with van der Waals surface area (Å²) in [6.07, 6.45) is 2.80. The first-order valence-electron chi connectivity index (χ1n) is 14.0. The molecule has 7 nitrogen and oxygen atoms in total. The molecule has 1 aliphatic carbocycles. The second-order valence-corrected chi connectivity index (χ2v) is 10.9. The molecule has 0 saturated heterocycles. The molecule has 0 spiro atoms. The van der Waals surface area contributed by atoms with Crippen LogP contribution < -0.4 is 16.2 Å². The van der Waals surface area contributed by atoms with E-state index in [0.717, 1.165) is 40.7 Å². The van der Waals surface area contributed by atoms with Gasteiger partial charge in [-0.1, -0.05) is 72.3 Å². The molecule has 5 rings (SSSR count). The number of nitrogens with one attached hydrogen (secondary N) is 2. The quantitative estimate of drug-likeness (QED) is 0.252. The van der Waals surface area contributed by atoms with Crippen LogP contribution in [0.15, 0.2) is 102 Å². The van der Waals surface area contributed by atoms with Crippen LogP contribution in [0, 0.1) is 6.92 Å². The average molecular weight is 550 g/mol. The Morgan fingerprint density at radius 3 is 2.24 bits per heavy atom. The van der Waals surface area contributed by atoms with Crippen LogP contribution in [0.2, 0.25) is 0 Å². The highest BCUT2D eigenvalue weighted by atomic mass is 16.6. The summed E-state index contributed by atoms with van der Waals surface area (Å²) < 4.78 is 7.21. The van der Waals surface area contributed by atoms with E-state index in [4.69, 9.17) is 4.74 Å². The lowest BCUT2D eigenvalue weighted by atomic mass is 9.83. The average Bonchev–Trinajstić information content (AvgIpc) is 3.78. The maximum absolute atomic E-state index is 13.9. The molecule has 2 amide bonds. The molecule has 4 aromatic rings. The monoisotopic (exact) mass is 549 g/mol. The first-order valence-corrected chi connectivity index (χ1v) is 14.0. The number of amides is 2. The molecule has 3 aromatic carbocycles. The molecule has 1 saturated carbocycles. The molecule has 7 heteroatoms. The fourth-order valence-corrected chi connectivity index (χ4v) is 4.88. The van der Waals surface area contributed by atoms with Crippen LogP contribution in [-0.4, -0.2) is 28.7 Å². The summed E-state index contributed by atoms with van der Waals surface area (Å²) in [5.41, 5.74) is 5.14. The predicted molar refractivity (Wildman–Crippen MR) is 161 cm³/mol. The largest absolute Gasteiger partial charge is 0.446 e. The van der Waals surface area contributed by atoms with Gasteiger partial charge in [-0.15, -0.1) is 0 Å². The van der Waals surface area contributed by atoms with Crippen LogP contribution in [0.25, 0.3) is 11.1 Å². The number of pyridine rings is 1. The van der Waals surface area contributed by atoms with Crippen molar-refractivity contribution in [3.8, 4) is 11.1 Å². The number of carbonyl (C=O) groups excluding carboxylic acids is 2. The van der Waals surface area contributed by atoms with Gasteiger partial charge in [0.1, 0.15) is 12.1 Å². The minimum absolute atomic E-state index is 0.0132. The van der Waals surface area contributed by atoms with Crippen molar-refractivity contribution < 1.29 is 14.3 Å². The molecule has 2 N–H and O–H groups in total. The molecule has 2 unspecified atom stereocenters. The Morgan fingerprint density at radius 2 is 1.56 bits per heavy atom. The van der Waals surface area contributed by atoms with E-state index in [9.17, 15) is 14.4 Å².